The molecule has 4 saturated heterocycles. The van der Waals surface area contributed by atoms with Gasteiger partial charge in [0.15, 0.2) is 0 Å². The molecule has 2 nitrogen and oxygen atoms in total. The minimum atomic E-state index is 0.704. The van der Waals surface area contributed by atoms with Crippen LogP contribution in [0.5, 0.6) is 0 Å². The zero-order chi connectivity index (χ0) is 8.67. The number of hydrogen-bond acceptors (Lipinski definition) is 2. The maximum atomic E-state index is 5.72. The molecule has 0 aromatic rings. The Morgan fingerprint density at radius 2 is 2.08 bits per heavy atom. The first-order valence-corrected chi connectivity index (χ1v) is 5.66. The van der Waals surface area contributed by atoms with E-state index in [1.807, 2.05) is 0 Å². The lowest BCUT2D eigenvalue weighted by atomic mass is 9.81. The van der Waals surface area contributed by atoms with Crippen LogP contribution in [0, 0.1) is 12.0 Å². The van der Waals surface area contributed by atoms with Gasteiger partial charge in [0.2, 0.25) is 0 Å². The van der Waals surface area contributed by atoms with Gasteiger partial charge in [0.05, 0.1) is 0 Å². The molecule has 2 bridgehead atoms. The van der Waals surface area contributed by atoms with Crippen LogP contribution in [0.25, 0.3) is 0 Å². The summed E-state index contributed by atoms with van der Waals surface area (Å²) in [5, 5.41) is 0. The van der Waals surface area contributed by atoms with E-state index in [-0.39, 0.29) is 0 Å². The number of piperidine rings is 3. The van der Waals surface area contributed by atoms with Gasteiger partial charge in [-0.1, -0.05) is 0 Å². The van der Waals surface area contributed by atoms with Crippen molar-refractivity contribution in [2.45, 2.75) is 38.1 Å². The Labute approximate surface area is 80.2 Å². The average molecular weight is 180 g/mol. The van der Waals surface area contributed by atoms with Gasteiger partial charge in [0.1, 0.15) is 6.10 Å². The van der Waals surface area contributed by atoms with E-state index in [0.29, 0.717) is 6.04 Å². The third-order valence-electron chi connectivity index (χ3n) is 3.87. The fraction of sp³-hybridized carbons (Fsp3) is 0.909. The van der Waals surface area contributed by atoms with Gasteiger partial charge in [-0.15, -0.1) is 0 Å². The second-order valence-electron chi connectivity index (χ2n) is 4.65. The molecule has 1 atom stereocenters. The Morgan fingerprint density at radius 1 is 1.23 bits per heavy atom. The summed E-state index contributed by atoms with van der Waals surface area (Å²) >= 11 is 0. The average Bonchev–Trinajstić information content (AvgIpc) is 2.72. The molecule has 0 aromatic heterocycles. The molecule has 13 heavy (non-hydrogen) atoms. The number of fused-ring (bicyclic) bond motifs is 3. The van der Waals surface area contributed by atoms with E-state index in [4.69, 9.17) is 4.74 Å². The van der Waals surface area contributed by atoms with Crippen molar-refractivity contribution in [3.63, 3.8) is 0 Å². The highest BCUT2D eigenvalue weighted by Crippen LogP contribution is 2.39. The quantitative estimate of drug-likeness (QED) is 0.610. The molecule has 0 aromatic carbocycles. The zero-order valence-electron chi connectivity index (χ0n) is 8.17. The van der Waals surface area contributed by atoms with Crippen LogP contribution in [-0.2, 0) is 4.74 Å². The first-order valence-electron chi connectivity index (χ1n) is 5.66. The summed E-state index contributed by atoms with van der Waals surface area (Å²) in [6.45, 7) is 3.62. The standard InChI is InChI=1S/C11H18NO/c1-2-11(13-7-1)10-8-9-3-5-12(10)6-4-9/h9-10H,1-8H2. The van der Waals surface area contributed by atoms with E-state index < -0.39 is 0 Å². The first-order chi connectivity index (χ1) is 6.43. The largest absolute Gasteiger partial charge is 0.370 e. The normalized spacial score (nSPS) is 45.7. The molecule has 2 heteroatoms. The van der Waals surface area contributed by atoms with Gasteiger partial charge in [-0.2, -0.15) is 0 Å². The molecule has 4 aliphatic rings. The van der Waals surface area contributed by atoms with Crippen LogP contribution in [0.4, 0.5) is 0 Å². The topological polar surface area (TPSA) is 12.5 Å². The number of hydrogen-bond donors (Lipinski definition) is 0. The molecule has 1 radical (unpaired) electrons. The van der Waals surface area contributed by atoms with Gasteiger partial charge in [-0.3, -0.25) is 4.90 Å². The molecule has 0 saturated carbocycles. The molecular formula is C11H18NO. The molecule has 73 valence electrons. The fourth-order valence-corrected chi connectivity index (χ4v) is 3.08. The van der Waals surface area contributed by atoms with Crippen molar-refractivity contribution in [3.8, 4) is 0 Å². The summed E-state index contributed by atoms with van der Waals surface area (Å²) in [5.41, 5.74) is 0. The van der Waals surface area contributed by atoms with Crippen molar-refractivity contribution >= 4 is 0 Å². The van der Waals surface area contributed by atoms with Crippen LogP contribution in [0.3, 0.4) is 0 Å². The third-order valence-corrected chi connectivity index (χ3v) is 3.87. The van der Waals surface area contributed by atoms with E-state index in [1.165, 1.54) is 51.3 Å². The summed E-state index contributed by atoms with van der Waals surface area (Å²) < 4.78 is 5.72. The number of nitrogens with zero attached hydrogens (tertiary/aromatic N) is 1. The summed E-state index contributed by atoms with van der Waals surface area (Å²) in [5.74, 6) is 1.01. The highest BCUT2D eigenvalue weighted by atomic mass is 16.5. The summed E-state index contributed by atoms with van der Waals surface area (Å²) in [6, 6.07) is 0.704. The van der Waals surface area contributed by atoms with Crippen molar-refractivity contribution in [2.24, 2.45) is 5.92 Å². The fourth-order valence-electron chi connectivity index (χ4n) is 3.08. The molecule has 0 aliphatic carbocycles. The minimum absolute atomic E-state index is 0.704. The van der Waals surface area contributed by atoms with Gasteiger partial charge in [-0.05, 0) is 51.1 Å². The molecule has 0 spiro atoms. The first kappa shape index (κ1) is 8.25. The van der Waals surface area contributed by atoms with E-state index in [0.717, 1.165) is 12.5 Å². The van der Waals surface area contributed by atoms with Crippen molar-refractivity contribution in [1.29, 1.82) is 0 Å². The van der Waals surface area contributed by atoms with Gasteiger partial charge >= 0.3 is 0 Å². The number of rotatable bonds is 1. The highest BCUT2D eigenvalue weighted by Gasteiger charge is 2.39. The van der Waals surface area contributed by atoms with E-state index in [9.17, 15) is 0 Å². The summed E-state index contributed by atoms with van der Waals surface area (Å²) in [6.07, 6.45) is 8.14. The van der Waals surface area contributed by atoms with Crippen LogP contribution in [0.15, 0.2) is 0 Å². The molecule has 4 heterocycles. The Hall–Kier alpha value is -0.0800. The Balaban J connectivity index is 1.70. The maximum Gasteiger partial charge on any atom is 0.114 e. The predicted molar refractivity (Wildman–Crippen MR) is 51.1 cm³/mol. The summed E-state index contributed by atoms with van der Waals surface area (Å²) in [4.78, 5) is 2.64. The molecule has 0 N–H and O–H groups in total. The second-order valence-corrected chi connectivity index (χ2v) is 4.65. The van der Waals surface area contributed by atoms with Crippen molar-refractivity contribution in [1.82, 2.24) is 4.90 Å². The van der Waals surface area contributed by atoms with Crippen LogP contribution in [-0.4, -0.2) is 30.6 Å². The Kier molecular flexibility index (Phi) is 2.06. The lowest BCUT2D eigenvalue weighted by molar-refractivity contribution is 0.0112. The van der Waals surface area contributed by atoms with Gasteiger partial charge in [0.25, 0.3) is 0 Å². The predicted octanol–water partition coefficient (Wildman–Crippen LogP) is 1.81. The third kappa shape index (κ3) is 1.40. The minimum Gasteiger partial charge on any atom is -0.370 e. The van der Waals surface area contributed by atoms with E-state index >= 15 is 0 Å². The van der Waals surface area contributed by atoms with E-state index in [1.54, 1.807) is 0 Å². The Bertz CT molecular complexity index is 179. The van der Waals surface area contributed by atoms with E-state index in [2.05, 4.69) is 4.90 Å². The van der Waals surface area contributed by atoms with Crippen molar-refractivity contribution in [2.75, 3.05) is 19.7 Å². The van der Waals surface area contributed by atoms with Crippen LogP contribution in [0.2, 0.25) is 0 Å². The van der Waals surface area contributed by atoms with Crippen molar-refractivity contribution in [3.05, 3.63) is 6.10 Å². The molecule has 4 fully saturated rings. The van der Waals surface area contributed by atoms with Crippen LogP contribution >= 0.6 is 0 Å². The lowest BCUT2D eigenvalue weighted by Gasteiger charge is -2.47. The van der Waals surface area contributed by atoms with Gasteiger partial charge in [0, 0.05) is 12.6 Å². The molecule has 1 unspecified atom stereocenters. The molecule has 4 rings (SSSR count). The van der Waals surface area contributed by atoms with Crippen LogP contribution < -0.4 is 0 Å². The van der Waals surface area contributed by atoms with Crippen LogP contribution in [0.1, 0.15) is 32.1 Å². The van der Waals surface area contributed by atoms with Gasteiger partial charge < -0.3 is 4.74 Å². The zero-order valence-corrected chi connectivity index (χ0v) is 8.17. The lowest BCUT2D eigenvalue weighted by Crippen LogP contribution is -2.51. The molecule has 0 amide bonds. The highest BCUT2D eigenvalue weighted by molar-refractivity contribution is 5.02. The molecule has 4 aliphatic heterocycles. The Morgan fingerprint density at radius 3 is 2.62 bits per heavy atom. The smallest absolute Gasteiger partial charge is 0.114 e. The molecular weight excluding hydrogens is 162 g/mol. The summed E-state index contributed by atoms with van der Waals surface area (Å²) in [7, 11) is 0. The second kappa shape index (κ2) is 3.25. The SMILES string of the molecule is C1CO[C](C2CC3CCN2CC3)C1. The van der Waals surface area contributed by atoms with Crippen molar-refractivity contribution < 1.29 is 4.74 Å². The maximum absolute atomic E-state index is 5.72. The number of ether oxygens (including phenoxy) is 1. The van der Waals surface area contributed by atoms with Gasteiger partial charge in [-0.25, -0.2) is 0 Å². The monoisotopic (exact) mass is 180 g/mol.